The van der Waals surface area contributed by atoms with Gasteiger partial charge in [0.1, 0.15) is 0 Å². The third-order valence-electron chi connectivity index (χ3n) is 5.76. The summed E-state index contributed by atoms with van der Waals surface area (Å²) in [6.45, 7) is 5.30. The van der Waals surface area contributed by atoms with E-state index in [2.05, 4.69) is 24.4 Å². The predicted molar refractivity (Wildman–Crippen MR) is 141 cm³/mol. The molecular formula is C29H31NO8. The van der Waals surface area contributed by atoms with Crippen LogP contribution in [-0.2, 0) is 19.2 Å². The van der Waals surface area contributed by atoms with Crippen molar-refractivity contribution < 1.29 is 39.3 Å². The van der Waals surface area contributed by atoms with Gasteiger partial charge < -0.3 is 20.6 Å². The number of aliphatic carboxylic acids is 3. The summed E-state index contributed by atoms with van der Waals surface area (Å²) >= 11 is 0. The zero-order valence-electron chi connectivity index (χ0n) is 21.7. The average molecular weight is 522 g/mol. The molecule has 5 rings (SSSR count). The second-order valence-electron chi connectivity index (χ2n) is 8.80. The molecule has 200 valence electrons. The van der Waals surface area contributed by atoms with Crippen LogP contribution in [0.1, 0.15) is 73.0 Å². The molecule has 0 saturated heterocycles. The van der Waals surface area contributed by atoms with E-state index in [1.54, 1.807) is 0 Å². The minimum absolute atomic E-state index is 0.0428. The number of carboxylic acid groups (broad SMARTS) is 3. The number of rotatable bonds is 1. The number of Topliss-reactive ketones (excluding diaryl/α,β-unsaturated/α-hetero) is 2. The van der Waals surface area contributed by atoms with Crippen LogP contribution in [-0.4, -0.2) is 44.8 Å². The summed E-state index contributed by atoms with van der Waals surface area (Å²) < 4.78 is 0. The minimum Gasteiger partial charge on any atom is -0.481 e. The molecule has 9 nitrogen and oxygen atoms in total. The molecule has 1 aliphatic heterocycles. The Balaban J connectivity index is 0.000000359. The first-order valence-electron chi connectivity index (χ1n) is 11.9. The van der Waals surface area contributed by atoms with Gasteiger partial charge in [-0.25, -0.2) is 0 Å². The van der Waals surface area contributed by atoms with E-state index in [0.717, 1.165) is 78.4 Å². The fourth-order valence-corrected chi connectivity index (χ4v) is 4.56. The molecule has 0 saturated carbocycles. The number of benzene rings is 2. The number of nitrogens with one attached hydrogen (secondary N) is 1. The first-order chi connectivity index (χ1) is 17.9. The minimum atomic E-state index is -0.833. The normalized spacial score (nSPS) is 16.6. The van der Waals surface area contributed by atoms with Crippen LogP contribution >= 0.6 is 0 Å². The van der Waals surface area contributed by atoms with Gasteiger partial charge in [0.05, 0.1) is 5.70 Å². The molecule has 2 aromatic carbocycles. The van der Waals surface area contributed by atoms with Gasteiger partial charge in [-0.2, -0.15) is 0 Å². The first kappa shape index (κ1) is 29.7. The summed E-state index contributed by atoms with van der Waals surface area (Å²) in [4.78, 5) is 53.1. The molecule has 1 heterocycles. The Bertz CT molecular complexity index is 1300. The Morgan fingerprint density at radius 1 is 0.763 bits per heavy atom. The predicted octanol–water partition coefficient (Wildman–Crippen LogP) is 4.57. The van der Waals surface area contributed by atoms with Crippen molar-refractivity contribution in [2.75, 3.05) is 0 Å². The summed E-state index contributed by atoms with van der Waals surface area (Å²) in [7, 11) is 0. The molecule has 4 N–H and O–H groups in total. The summed E-state index contributed by atoms with van der Waals surface area (Å²) in [5.74, 6) is -2.56. The van der Waals surface area contributed by atoms with Gasteiger partial charge in [0.15, 0.2) is 11.6 Å². The summed E-state index contributed by atoms with van der Waals surface area (Å²) in [6, 6.07) is 15.8. The fourth-order valence-electron chi connectivity index (χ4n) is 4.56. The molecule has 38 heavy (non-hydrogen) atoms. The first-order valence-corrected chi connectivity index (χ1v) is 11.9. The number of fused-ring (bicyclic) bond motifs is 2. The highest BCUT2D eigenvalue weighted by atomic mass is 16.4. The number of hydrogen-bond donors (Lipinski definition) is 4. The average Bonchev–Trinajstić information content (AvgIpc) is 3.09. The Hall–Kier alpha value is -4.53. The molecular weight excluding hydrogens is 490 g/mol. The van der Waals surface area contributed by atoms with Crippen molar-refractivity contribution >= 4 is 35.2 Å². The Morgan fingerprint density at radius 3 is 1.82 bits per heavy atom. The molecule has 0 spiro atoms. The van der Waals surface area contributed by atoms with E-state index in [1.165, 1.54) is 0 Å². The van der Waals surface area contributed by atoms with E-state index in [4.69, 9.17) is 29.7 Å². The van der Waals surface area contributed by atoms with Crippen LogP contribution in [0.5, 0.6) is 0 Å². The molecule has 0 aromatic heterocycles. The van der Waals surface area contributed by atoms with Gasteiger partial charge in [-0.05, 0) is 30.9 Å². The molecule has 0 fully saturated rings. The van der Waals surface area contributed by atoms with Gasteiger partial charge >= 0.3 is 0 Å². The number of carbonyl (C=O) groups excluding carboxylic acids is 2. The molecule has 1 atom stereocenters. The highest BCUT2D eigenvalue weighted by Crippen LogP contribution is 2.49. The lowest BCUT2D eigenvalue weighted by Crippen LogP contribution is -2.32. The maximum absolute atomic E-state index is 13.3. The number of dihydropyridines is 1. The lowest BCUT2D eigenvalue weighted by Gasteiger charge is -2.33. The van der Waals surface area contributed by atoms with Gasteiger partial charge in [0.2, 0.25) is 0 Å². The molecule has 1 unspecified atom stereocenters. The summed E-state index contributed by atoms with van der Waals surface area (Å²) in [6.07, 6.45) is 2.28. The maximum Gasteiger partial charge on any atom is 0.300 e. The highest BCUT2D eigenvalue weighted by Gasteiger charge is 2.43. The van der Waals surface area contributed by atoms with Crippen LogP contribution in [0, 0.1) is 6.92 Å². The molecule has 0 radical (unpaired) electrons. The standard InChI is InChI=1S/C23H19NO2.3C2H4O2/c1-13-7-2-3-8-14(13)19-20-17(11-6-12-18(20)25)24-22-15-9-4-5-10-16(15)23(26)21(19)22;3*1-2(3)4/h2-5,7-10,19,24H,6,11-12H2,1H3;3*1H3,(H,3,4). The number of allylic oxidation sites excluding steroid dienone is 3. The van der Waals surface area contributed by atoms with Crippen molar-refractivity contribution in [3.63, 3.8) is 0 Å². The quantitative estimate of drug-likeness (QED) is 0.422. The number of carboxylic acids is 3. The van der Waals surface area contributed by atoms with E-state index in [0.29, 0.717) is 6.42 Å². The monoisotopic (exact) mass is 521 g/mol. The largest absolute Gasteiger partial charge is 0.481 e. The van der Waals surface area contributed by atoms with E-state index in [9.17, 15) is 9.59 Å². The van der Waals surface area contributed by atoms with Crippen LogP contribution in [0.2, 0.25) is 0 Å². The summed E-state index contributed by atoms with van der Waals surface area (Å²) in [5.41, 5.74) is 7.28. The molecule has 2 aliphatic carbocycles. The molecule has 9 heteroatoms. The Morgan fingerprint density at radius 2 is 1.26 bits per heavy atom. The van der Waals surface area contributed by atoms with Crippen molar-refractivity contribution in [3.8, 4) is 0 Å². The van der Waals surface area contributed by atoms with Crippen molar-refractivity contribution in [2.45, 2.75) is 52.9 Å². The van der Waals surface area contributed by atoms with Crippen molar-refractivity contribution in [1.82, 2.24) is 5.32 Å². The van der Waals surface area contributed by atoms with E-state index >= 15 is 0 Å². The lowest BCUT2D eigenvalue weighted by atomic mass is 9.74. The van der Waals surface area contributed by atoms with Gasteiger partial charge in [0, 0.05) is 61.1 Å². The van der Waals surface area contributed by atoms with Crippen molar-refractivity contribution in [3.05, 3.63) is 87.6 Å². The van der Waals surface area contributed by atoms with E-state index in [-0.39, 0.29) is 17.5 Å². The lowest BCUT2D eigenvalue weighted by molar-refractivity contribution is -0.135. The van der Waals surface area contributed by atoms with Crippen LogP contribution in [0.4, 0.5) is 0 Å². The SMILES string of the molecule is CC(=O)O.CC(=O)O.CC(=O)O.Cc1ccccc1C1C2=C(CCCC2=O)NC2=C1C(=O)c1ccccc12. The maximum atomic E-state index is 13.3. The van der Waals surface area contributed by atoms with Crippen molar-refractivity contribution in [1.29, 1.82) is 0 Å². The van der Waals surface area contributed by atoms with Crippen LogP contribution in [0.15, 0.2) is 65.4 Å². The Labute approximate surface area is 220 Å². The number of hydrogen-bond acceptors (Lipinski definition) is 6. The molecule has 3 aliphatic rings. The molecule has 2 aromatic rings. The highest BCUT2D eigenvalue weighted by molar-refractivity contribution is 6.23. The third kappa shape index (κ3) is 7.25. The zero-order valence-corrected chi connectivity index (χ0v) is 21.7. The number of ketones is 2. The van der Waals surface area contributed by atoms with Gasteiger partial charge in [-0.1, -0.05) is 48.5 Å². The second kappa shape index (κ2) is 13.1. The van der Waals surface area contributed by atoms with Crippen molar-refractivity contribution in [2.24, 2.45) is 0 Å². The van der Waals surface area contributed by atoms with E-state index in [1.807, 2.05) is 36.4 Å². The fraction of sp³-hybridized carbons (Fsp3) is 0.276. The van der Waals surface area contributed by atoms with E-state index < -0.39 is 17.9 Å². The van der Waals surface area contributed by atoms with Crippen LogP contribution in [0.3, 0.4) is 0 Å². The second-order valence-corrected chi connectivity index (χ2v) is 8.80. The van der Waals surface area contributed by atoms with Gasteiger partial charge in [-0.15, -0.1) is 0 Å². The van der Waals surface area contributed by atoms with Crippen LogP contribution < -0.4 is 5.32 Å². The topological polar surface area (TPSA) is 158 Å². The number of aryl methyl sites for hydroxylation is 1. The molecule has 0 bridgehead atoms. The zero-order chi connectivity index (χ0) is 28.6. The smallest absolute Gasteiger partial charge is 0.300 e. The number of carbonyl (C=O) groups is 5. The summed E-state index contributed by atoms with van der Waals surface area (Å²) in [5, 5.41) is 25.7. The van der Waals surface area contributed by atoms with Crippen LogP contribution in [0.25, 0.3) is 5.70 Å². The van der Waals surface area contributed by atoms with Gasteiger partial charge in [0.25, 0.3) is 17.9 Å². The molecule has 0 amide bonds. The Kier molecular flexibility index (Phi) is 10.3. The van der Waals surface area contributed by atoms with Gasteiger partial charge in [-0.3, -0.25) is 24.0 Å². The third-order valence-corrected chi connectivity index (χ3v) is 5.76.